The molecule has 26 heavy (non-hydrogen) atoms. The summed E-state index contributed by atoms with van der Waals surface area (Å²) in [6, 6.07) is 5.76. The van der Waals surface area contributed by atoms with Crippen molar-refractivity contribution in [2.24, 2.45) is 16.7 Å². The Labute approximate surface area is 155 Å². The van der Waals surface area contributed by atoms with Gasteiger partial charge < -0.3 is 4.90 Å². The van der Waals surface area contributed by atoms with Crippen LogP contribution in [0.25, 0.3) is 0 Å². The highest BCUT2D eigenvalue weighted by atomic mass is 32.2. The van der Waals surface area contributed by atoms with E-state index < -0.39 is 15.4 Å². The maximum absolute atomic E-state index is 13.1. The second-order valence-corrected chi connectivity index (χ2v) is 10.5. The second kappa shape index (κ2) is 6.02. The molecule has 0 N–H and O–H groups in total. The van der Waals surface area contributed by atoms with Crippen LogP contribution in [-0.4, -0.2) is 55.4 Å². The number of aromatic nitrogens is 1. The predicted molar refractivity (Wildman–Crippen MR) is 100 cm³/mol. The zero-order chi connectivity index (χ0) is 18.6. The van der Waals surface area contributed by atoms with Crippen LogP contribution < -0.4 is 4.90 Å². The Kier molecular flexibility index (Phi) is 4.15. The van der Waals surface area contributed by atoms with E-state index in [0.29, 0.717) is 38.5 Å². The minimum absolute atomic E-state index is 0.0219. The number of carbonyl (C=O) groups is 1. The normalized spacial score (nSPS) is 31.5. The van der Waals surface area contributed by atoms with Crippen LogP contribution in [0, 0.1) is 16.7 Å². The first-order valence-corrected chi connectivity index (χ1v) is 11.0. The van der Waals surface area contributed by atoms with Crippen LogP contribution in [0.1, 0.15) is 33.1 Å². The zero-order valence-electron chi connectivity index (χ0n) is 15.5. The molecule has 0 aromatic carbocycles. The monoisotopic (exact) mass is 377 g/mol. The van der Waals surface area contributed by atoms with Gasteiger partial charge in [-0.2, -0.15) is 4.31 Å². The molecular weight excluding hydrogens is 350 g/mol. The van der Waals surface area contributed by atoms with Crippen molar-refractivity contribution in [2.75, 3.05) is 36.8 Å². The quantitative estimate of drug-likeness (QED) is 0.802. The second-order valence-electron chi connectivity index (χ2n) is 8.50. The van der Waals surface area contributed by atoms with Gasteiger partial charge in [0.2, 0.25) is 10.0 Å². The molecule has 0 unspecified atom stereocenters. The highest BCUT2D eigenvalue weighted by Crippen LogP contribution is 2.64. The Hall–Kier alpha value is -1.47. The lowest BCUT2D eigenvalue weighted by molar-refractivity contribution is -0.128. The van der Waals surface area contributed by atoms with E-state index in [2.05, 4.69) is 23.7 Å². The van der Waals surface area contributed by atoms with E-state index in [-0.39, 0.29) is 17.0 Å². The predicted octanol–water partition coefficient (Wildman–Crippen LogP) is 1.93. The van der Waals surface area contributed by atoms with Crippen molar-refractivity contribution in [3.63, 3.8) is 0 Å². The Morgan fingerprint density at radius 3 is 2.46 bits per heavy atom. The van der Waals surface area contributed by atoms with Gasteiger partial charge in [-0.15, -0.1) is 0 Å². The van der Waals surface area contributed by atoms with E-state index in [9.17, 15) is 13.2 Å². The lowest BCUT2D eigenvalue weighted by atomic mass is 9.70. The lowest BCUT2D eigenvalue weighted by Crippen LogP contribution is -2.52. The highest BCUT2D eigenvalue weighted by Gasteiger charge is 2.65. The molecule has 0 spiro atoms. The van der Waals surface area contributed by atoms with E-state index in [1.54, 1.807) is 10.5 Å². The van der Waals surface area contributed by atoms with E-state index in [1.165, 1.54) is 0 Å². The number of hydrogen-bond acceptors (Lipinski definition) is 5. The molecule has 2 saturated carbocycles. The van der Waals surface area contributed by atoms with Crippen LogP contribution in [0.15, 0.2) is 24.4 Å². The summed E-state index contributed by atoms with van der Waals surface area (Å²) < 4.78 is 27.9. The van der Waals surface area contributed by atoms with Crippen molar-refractivity contribution in [1.29, 1.82) is 0 Å². The van der Waals surface area contributed by atoms with E-state index in [0.717, 1.165) is 18.7 Å². The Bertz CT molecular complexity index is 801. The van der Waals surface area contributed by atoms with Gasteiger partial charge in [0, 0.05) is 44.2 Å². The molecule has 2 heterocycles. The van der Waals surface area contributed by atoms with Crippen molar-refractivity contribution in [3.05, 3.63) is 24.4 Å². The highest BCUT2D eigenvalue weighted by molar-refractivity contribution is 7.89. The molecule has 142 valence electrons. The third kappa shape index (κ3) is 2.59. The molecule has 1 aromatic heterocycles. The van der Waals surface area contributed by atoms with Gasteiger partial charge in [0.05, 0.1) is 5.75 Å². The SMILES string of the molecule is CC1(C)[C@@H]2CC[C@@]1(CS(=O)(=O)N1CCN(c3ccccn3)CC1)C(=O)C2. The number of rotatable bonds is 4. The van der Waals surface area contributed by atoms with Crippen molar-refractivity contribution in [1.82, 2.24) is 9.29 Å². The average Bonchev–Trinajstić information content (AvgIpc) is 2.96. The summed E-state index contributed by atoms with van der Waals surface area (Å²) in [4.78, 5) is 19.1. The third-order valence-corrected chi connectivity index (χ3v) is 9.18. The summed E-state index contributed by atoms with van der Waals surface area (Å²) in [7, 11) is -3.45. The summed E-state index contributed by atoms with van der Waals surface area (Å²) in [5.41, 5.74) is -0.901. The van der Waals surface area contributed by atoms with Gasteiger partial charge >= 0.3 is 0 Å². The van der Waals surface area contributed by atoms with Gasteiger partial charge in [-0.05, 0) is 36.3 Å². The lowest BCUT2D eigenvalue weighted by Gasteiger charge is -2.40. The number of hydrogen-bond donors (Lipinski definition) is 0. The summed E-state index contributed by atoms with van der Waals surface area (Å²) in [5, 5.41) is 0. The van der Waals surface area contributed by atoms with Gasteiger partial charge in [-0.3, -0.25) is 4.79 Å². The Morgan fingerprint density at radius 2 is 1.92 bits per heavy atom. The zero-order valence-corrected chi connectivity index (χ0v) is 16.3. The Morgan fingerprint density at radius 1 is 1.19 bits per heavy atom. The molecule has 4 rings (SSSR count). The number of sulfonamides is 1. The summed E-state index contributed by atoms with van der Waals surface area (Å²) in [6.07, 6.45) is 4.00. The molecule has 0 radical (unpaired) electrons. The molecule has 6 nitrogen and oxygen atoms in total. The van der Waals surface area contributed by atoms with Crippen LogP contribution >= 0.6 is 0 Å². The fourth-order valence-corrected chi connectivity index (χ4v) is 7.45. The first-order valence-electron chi connectivity index (χ1n) is 9.43. The number of ketones is 1. The van der Waals surface area contributed by atoms with Gasteiger partial charge in [0.15, 0.2) is 0 Å². The van der Waals surface area contributed by atoms with E-state index in [1.807, 2.05) is 18.2 Å². The van der Waals surface area contributed by atoms with Gasteiger partial charge in [-0.1, -0.05) is 19.9 Å². The van der Waals surface area contributed by atoms with Gasteiger partial charge in [0.25, 0.3) is 0 Å². The molecule has 1 saturated heterocycles. The van der Waals surface area contributed by atoms with Crippen molar-refractivity contribution in [2.45, 2.75) is 33.1 Å². The van der Waals surface area contributed by atoms with E-state index in [4.69, 9.17) is 0 Å². The van der Waals surface area contributed by atoms with Gasteiger partial charge in [0.1, 0.15) is 11.6 Å². The first-order chi connectivity index (χ1) is 12.3. The summed E-state index contributed by atoms with van der Waals surface area (Å²) >= 11 is 0. The molecule has 2 atom stereocenters. The number of fused-ring (bicyclic) bond motifs is 2. The number of nitrogens with zero attached hydrogens (tertiary/aromatic N) is 3. The minimum Gasteiger partial charge on any atom is -0.354 e. The largest absolute Gasteiger partial charge is 0.354 e. The molecule has 1 aliphatic heterocycles. The fraction of sp³-hybridized carbons (Fsp3) is 0.684. The number of carbonyl (C=O) groups excluding carboxylic acids is 1. The van der Waals surface area contributed by atoms with E-state index >= 15 is 0 Å². The van der Waals surface area contributed by atoms with Crippen LogP contribution in [-0.2, 0) is 14.8 Å². The fourth-order valence-electron chi connectivity index (χ4n) is 5.25. The molecule has 7 heteroatoms. The molecular formula is C19H27N3O3S. The summed E-state index contributed by atoms with van der Waals surface area (Å²) in [6.45, 7) is 6.33. The van der Waals surface area contributed by atoms with Crippen LogP contribution in [0.2, 0.25) is 0 Å². The number of pyridine rings is 1. The number of Topliss-reactive ketones (excluding diaryl/α,β-unsaturated/α-hetero) is 1. The molecule has 2 bridgehead atoms. The minimum atomic E-state index is -3.45. The average molecular weight is 378 g/mol. The van der Waals surface area contributed by atoms with Crippen LogP contribution in [0.5, 0.6) is 0 Å². The van der Waals surface area contributed by atoms with Crippen molar-refractivity contribution >= 4 is 21.6 Å². The topological polar surface area (TPSA) is 70.6 Å². The maximum atomic E-state index is 13.1. The molecule has 3 aliphatic rings. The van der Waals surface area contributed by atoms with Gasteiger partial charge in [-0.25, -0.2) is 13.4 Å². The molecule has 2 aliphatic carbocycles. The number of piperazine rings is 1. The standard InChI is InChI=1S/C19H27N3O3S/c1-18(2)15-6-7-19(18,16(23)13-15)14-26(24,25)22-11-9-21(10-12-22)17-5-3-4-8-20-17/h3-5,8,15H,6-7,9-14H2,1-2H3/t15-,19-/m1/s1. The number of anilines is 1. The van der Waals surface area contributed by atoms with Crippen LogP contribution in [0.3, 0.4) is 0 Å². The maximum Gasteiger partial charge on any atom is 0.215 e. The third-order valence-electron chi connectivity index (χ3n) is 7.17. The molecule has 3 fully saturated rings. The van der Waals surface area contributed by atoms with Crippen molar-refractivity contribution < 1.29 is 13.2 Å². The van der Waals surface area contributed by atoms with Crippen LogP contribution in [0.4, 0.5) is 5.82 Å². The smallest absolute Gasteiger partial charge is 0.215 e. The Balaban J connectivity index is 1.48. The first kappa shape index (κ1) is 17.9. The van der Waals surface area contributed by atoms with Crippen molar-refractivity contribution in [3.8, 4) is 0 Å². The molecule has 1 aromatic rings. The molecule has 0 amide bonds. The summed E-state index contributed by atoms with van der Waals surface area (Å²) in [5.74, 6) is 1.36.